The Labute approximate surface area is 150 Å². The third kappa shape index (κ3) is 4.11. The lowest BCUT2D eigenvalue weighted by Crippen LogP contribution is -2.21. The third-order valence-electron chi connectivity index (χ3n) is 4.60. The van der Waals surface area contributed by atoms with Crippen LogP contribution < -0.4 is 10.6 Å². The van der Waals surface area contributed by atoms with Gasteiger partial charge in [0, 0.05) is 35.1 Å². The number of hydrogen-bond donors (Lipinski definition) is 2. The molecule has 1 atom stereocenters. The molecule has 1 aromatic rings. The van der Waals surface area contributed by atoms with Gasteiger partial charge in [-0.25, -0.2) is 0 Å². The van der Waals surface area contributed by atoms with Gasteiger partial charge in [0.05, 0.1) is 11.4 Å². The molecule has 3 heteroatoms. The lowest BCUT2D eigenvalue weighted by atomic mass is 10.1. The van der Waals surface area contributed by atoms with E-state index >= 15 is 0 Å². The Hall–Kier alpha value is -2.55. The molecule has 1 aromatic carbocycles. The molecule has 2 aliphatic rings. The Kier molecular flexibility index (Phi) is 5.22. The first-order valence-electron chi connectivity index (χ1n) is 9.06. The standard InChI is InChI=1S/C22H27N3/c1-5-9-21(19-12-13-19)25-22-17(4)23-14-20(22)16(3)24-15(2)18-10-7-6-8-11-18/h6-11,14-15,19,23-24H,3-5,12-13H2,1-2H3/b21-9-,25-22+/t15-/m0/s1. The fraction of sp³-hybridized carbons (Fsp3) is 0.318. The molecule has 1 fully saturated rings. The summed E-state index contributed by atoms with van der Waals surface area (Å²) in [5.41, 5.74) is 6.04. The molecule has 1 saturated carbocycles. The molecular weight excluding hydrogens is 306 g/mol. The normalized spacial score (nSPS) is 20.2. The van der Waals surface area contributed by atoms with E-state index in [1.54, 1.807) is 0 Å². The summed E-state index contributed by atoms with van der Waals surface area (Å²) in [7, 11) is 0. The van der Waals surface area contributed by atoms with Gasteiger partial charge in [-0.1, -0.05) is 56.5 Å². The molecule has 2 N–H and O–H groups in total. The van der Waals surface area contributed by atoms with Crippen molar-refractivity contribution in [1.82, 2.24) is 10.6 Å². The topological polar surface area (TPSA) is 36.4 Å². The van der Waals surface area contributed by atoms with Crippen LogP contribution in [0.25, 0.3) is 0 Å². The monoisotopic (exact) mass is 333 g/mol. The van der Waals surface area contributed by atoms with Crippen molar-refractivity contribution in [3.05, 3.63) is 84.0 Å². The fourth-order valence-electron chi connectivity index (χ4n) is 3.00. The summed E-state index contributed by atoms with van der Waals surface area (Å²) in [6.45, 7) is 12.6. The second-order valence-electron chi connectivity index (χ2n) is 6.71. The van der Waals surface area contributed by atoms with Crippen molar-refractivity contribution in [3.63, 3.8) is 0 Å². The molecule has 0 saturated heterocycles. The van der Waals surface area contributed by atoms with Gasteiger partial charge in [-0.3, -0.25) is 4.99 Å². The smallest absolute Gasteiger partial charge is 0.0968 e. The lowest BCUT2D eigenvalue weighted by molar-refractivity contribution is 0.664. The minimum atomic E-state index is 0.179. The number of nitrogens with one attached hydrogen (secondary N) is 2. The second kappa shape index (κ2) is 7.56. The van der Waals surface area contributed by atoms with Crippen molar-refractivity contribution in [1.29, 1.82) is 0 Å². The number of aliphatic imine (C=N–C) groups is 1. The molecule has 0 bridgehead atoms. The maximum atomic E-state index is 4.94. The molecule has 1 aliphatic heterocycles. The lowest BCUT2D eigenvalue weighted by Gasteiger charge is -2.18. The Morgan fingerprint density at radius 2 is 2.08 bits per heavy atom. The van der Waals surface area contributed by atoms with E-state index in [0.717, 1.165) is 29.1 Å². The van der Waals surface area contributed by atoms with Crippen molar-refractivity contribution in [2.45, 2.75) is 39.2 Å². The average Bonchev–Trinajstić information content (AvgIpc) is 3.40. The van der Waals surface area contributed by atoms with Crippen LogP contribution in [0, 0.1) is 5.92 Å². The van der Waals surface area contributed by atoms with Crippen LogP contribution in [0.3, 0.4) is 0 Å². The minimum Gasteiger partial charge on any atom is -0.378 e. The molecule has 3 nitrogen and oxygen atoms in total. The van der Waals surface area contributed by atoms with Crippen molar-refractivity contribution >= 4 is 5.71 Å². The van der Waals surface area contributed by atoms with Gasteiger partial charge in [0.25, 0.3) is 0 Å². The SMILES string of the molecule is C=C(N[C@@H](C)c1ccccc1)C1=CNC(=C)/C1=N\C(=C/CC)C1CC1. The summed E-state index contributed by atoms with van der Waals surface area (Å²) in [4.78, 5) is 4.94. The first-order valence-corrected chi connectivity index (χ1v) is 9.06. The molecule has 0 aromatic heterocycles. The fourth-order valence-corrected chi connectivity index (χ4v) is 3.00. The maximum absolute atomic E-state index is 4.94. The van der Waals surface area contributed by atoms with Gasteiger partial charge in [-0.15, -0.1) is 0 Å². The van der Waals surface area contributed by atoms with Crippen molar-refractivity contribution in [2.24, 2.45) is 10.9 Å². The van der Waals surface area contributed by atoms with E-state index in [9.17, 15) is 0 Å². The first-order chi connectivity index (χ1) is 12.1. The predicted molar refractivity (Wildman–Crippen MR) is 106 cm³/mol. The van der Waals surface area contributed by atoms with E-state index < -0.39 is 0 Å². The highest BCUT2D eigenvalue weighted by molar-refractivity contribution is 6.16. The van der Waals surface area contributed by atoms with Crippen molar-refractivity contribution < 1.29 is 0 Å². The van der Waals surface area contributed by atoms with Gasteiger partial charge in [0.2, 0.25) is 0 Å². The maximum Gasteiger partial charge on any atom is 0.0968 e. The van der Waals surface area contributed by atoms with Crippen LogP contribution in [0.4, 0.5) is 0 Å². The van der Waals surface area contributed by atoms with Crippen LogP contribution in [0.1, 0.15) is 44.7 Å². The van der Waals surface area contributed by atoms with Gasteiger partial charge in [0.1, 0.15) is 0 Å². The van der Waals surface area contributed by atoms with E-state index in [2.05, 4.69) is 68.0 Å². The van der Waals surface area contributed by atoms with Crippen LogP contribution in [-0.4, -0.2) is 5.71 Å². The average molecular weight is 333 g/mol. The summed E-state index contributed by atoms with van der Waals surface area (Å²) in [5, 5.41) is 6.70. The summed E-state index contributed by atoms with van der Waals surface area (Å²) < 4.78 is 0. The summed E-state index contributed by atoms with van der Waals surface area (Å²) >= 11 is 0. The first kappa shape index (κ1) is 17.3. The number of benzene rings is 1. The Bertz CT molecular complexity index is 749. The van der Waals surface area contributed by atoms with Crippen LogP contribution in [-0.2, 0) is 0 Å². The molecule has 3 rings (SSSR count). The third-order valence-corrected chi connectivity index (χ3v) is 4.60. The second-order valence-corrected chi connectivity index (χ2v) is 6.71. The largest absolute Gasteiger partial charge is 0.378 e. The number of allylic oxidation sites excluding steroid dienone is 4. The minimum absolute atomic E-state index is 0.179. The molecule has 130 valence electrons. The molecule has 0 unspecified atom stereocenters. The molecular formula is C22H27N3. The van der Waals surface area contributed by atoms with E-state index in [1.807, 2.05) is 12.3 Å². The van der Waals surface area contributed by atoms with Crippen molar-refractivity contribution in [2.75, 3.05) is 0 Å². The van der Waals surface area contributed by atoms with Crippen molar-refractivity contribution in [3.8, 4) is 0 Å². The van der Waals surface area contributed by atoms with Gasteiger partial charge < -0.3 is 10.6 Å². The van der Waals surface area contributed by atoms with Crippen LogP contribution in [0.2, 0.25) is 0 Å². The molecule has 25 heavy (non-hydrogen) atoms. The van der Waals surface area contributed by atoms with Gasteiger partial charge in [-0.2, -0.15) is 0 Å². The number of rotatable bonds is 7. The highest BCUT2D eigenvalue weighted by Crippen LogP contribution is 2.38. The summed E-state index contributed by atoms with van der Waals surface area (Å²) in [5.74, 6) is 0.617. The van der Waals surface area contributed by atoms with Gasteiger partial charge >= 0.3 is 0 Å². The van der Waals surface area contributed by atoms with E-state index in [0.29, 0.717) is 5.92 Å². The van der Waals surface area contributed by atoms with E-state index in [-0.39, 0.29) is 6.04 Å². The zero-order valence-corrected chi connectivity index (χ0v) is 15.2. The van der Waals surface area contributed by atoms with E-state index in [1.165, 1.54) is 24.1 Å². The quantitative estimate of drug-likeness (QED) is 0.737. The highest BCUT2D eigenvalue weighted by Gasteiger charge is 2.28. The Morgan fingerprint density at radius 3 is 2.72 bits per heavy atom. The summed E-state index contributed by atoms with van der Waals surface area (Å²) in [6, 6.07) is 10.6. The van der Waals surface area contributed by atoms with Crippen LogP contribution in [0.15, 0.2) is 83.4 Å². The summed E-state index contributed by atoms with van der Waals surface area (Å²) in [6.07, 6.45) is 7.67. The zero-order chi connectivity index (χ0) is 17.8. The van der Waals surface area contributed by atoms with E-state index in [4.69, 9.17) is 4.99 Å². The van der Waals surface area contributed by atoms with Crippen LogP contribution >= 0.6 is 0 Å². The number of hydrogen-bond acceptors (Lipinski definition) is 3. The Morgan fingerprint density at radius 1 is 1.36 bits per heavy atom. The molecule has 0 spiro atoms. The molecule has 0 radical (unpaired) electrons. The zero-order valence-electron chi connectivity index (χ0n) is 15.2. The predicted octanol–water partition coefficient (Wildman–Crippen LogP) is 5.00. The molecule has 0 amide bonds. The van der Waals surface area contributed by atoms with Crippen LogP contribution in [0.5, 0.6) is 0 Å². The highest BCUT2D eigenvalue weighted by atomic mass is 15.0. The Balaban J connectivity index is 1.77. The molecule has 1 heterocycles. The van der Waals surface area contributed by atoms with Gasteiger partial charge in [-0.05, 0) is 31.7 Å². The number of nitrogens with zero attached hydrogens (tertiary/aromatic N) is 1. The van der Waals surface area contributed by atoms with Gasteiger partial charge in [0.15, 0.2) is 0 Å². The molecule has 1 aliphatic carbocycles.